The number of benzene rings is 3. The van der Waals surface area contributed by atoms with Crippen LogP contribution < -0.4 is 14.8 Å². The molecule has 0 aromatic heterocycles. The van der Waals surface area contributed by atoms with Gasteiger partial charge in [0.05, 0.1) is 7.11 Å². The zero-order valence-electron chi connectivity index (χ0n) is 21.2. The predicted molar refractivity (Wildman–Crippen MR) is 137 cm³/mol. The van der Waals surface area contributed by atoms with Gasteiger partial charge in [0, 0.05) is 24.1 Å². The van der Waals surface area contributed by atoms with Gasteiger partial charge in [-0.1, -0.05) is 48.5 Å². The topological polar surface area (TPSA) is 67.9 Å². The van der Waals surface area contributed by atoms with Crippen molar-refractivity contribution in [3.8, 4) is 11.5 Å². The van der Waals surface area contributed by atoms with Gasteiger partial charge in [0.15, 0.2) is 6.61 Å². The van der Waals surface area contributed by atoms with Crippen molar-refractivity contribution in [1.29, 1.82) is 0 Å². The van der Waals surface area contributed by atoms with E-state index >= 15 is 0 Å². The Morgan fingerprint density at radius 2 is 1.53 bits per heavy atom. The highest BCUT2D eigenvalue weighted by molar-refractivity contribution is 5.89. The minimum Gasteiger partial charge on any atom is -0.497 e. The first-order valence-electron chi connectivity index (χ1n) is 11.8. The van der Waals surface area contributed by atoms with Gasteiger partial charge in [-0.05, 0) is 56.7 Å². The van der Waals surface area contributed by atoms with E-state index < -0.39 is 23.3 Å². The summed E-state index contributed by atoms with van der Waals surface area (Å²) in [6.45, 7) is 5.24. The number of amides is 2. The molecule has 0 fully saturated rings. The van der Waals surface area contributed by atoms with E-state index in [9.17, 15) is 14.0 Å². The fourth-order valence-corrected chi connectivity index (χ4v) is 3.72. The number of ether oxygens (including phenoxy) is 2. The number of methoxy groups -OCH3 is 1. The fraction of sp³-hybridized carbons (Fsp3) is 0.310. The highest BCUT2D eigenvalue weighted by atomic mass is 19.1. The van der Waals surface area contributed by atoms with E-state index in [0.29, 0.717) is 17.1 Å². The maximum atomic E-state index is 14.6. The summed E-state index contributed by atoms with van der Waals surface area (Å²) in [5, 5.41) is 2.98. The van der Waals surface area contributed by atoms with Crippen LogP contribution in [0.2, 0.25) is 0 Å². The van der Waals surface area contributed by atoms with E-state index in [4.69, 9.17) is 9.47 Å². The van der Waals surface area contributed by atoms with Crippen LogP contribution in [0.15, 0.2) is 78.9 Å². The second kappa shape index (κ2) is 12.2. The average molecular weight is 493 g/mol. The molecule has 0 aliphatic heterocycles. The van der Waals surface area contributed by atoms with Crippen molar-refractivity contribution < 1.29 is 23.5 Å². The molecular weight excluding hydrogens is 459 g/mol. The molecule has 3 rings (SSSR count). The van der Waals surface area contributed by atoms with Crippen LogP contribution in [0.25, 0.3) is 0 Å². The lowest BCUT2D eigenvalue weighted by atomic mass is 10.0. The van der Waals surface area contributed by atoms with E-state index in [1.807, 2.05) is 51.1 Å². The third kappa shape index (κ3) is 7.83. The quantitative estimate of drug-likeness (QED) is 0.443. The van der Waals surface area contributed by atoms with Gasteiger partial charge < -0.3 is 19.7 Å². The average Bonchev–Trinajstić information content (AvgIpc) is 2.85. The lowest BCUT2D eigenvalue weighted by Crippen LogP contribution is -2.55. The Kier molecular flexibility index (Phi) is 9.06. The number of halogens is 1. The molecule has 190 valence electrons. The second-order valence-corrected chi connectivity index (χ2v) is 9.52. The van der Waals surface area contributed by atoms with Crippen molar-refractivity contribution in [2.75, 3.05) is 13.7 Å². The van der Waals surface area contributed by atoms with Gasteiger partial charge in [-0.2, -0.15) is 0 Å². The molecule has 0 saturated carbocycles. The number of carbonyl (C=O) groups excluding carboxylic acids is 2. The number of carbonyl (C=O) groups is 2. The number of nitrogens with zero attached hydrogens (tertiary/aromatic N) is 1. The second-order valence-electron chi connectivity index (χ2n) is 9.52. The summed E-state index contributed by atoms with van der Waals surface area (Å²) >= 11 is 0. The Morgan fingerprint density at radius 3 is 2.14 bits per heavy atom. The molecule has 0 radical (unpaired) electrons. The number of hydrogen-bond donors (Lipinski definition) is 1. The molecule has 0 aliphatic carbocycles. The van der Waals surface area contributed by atoms with Gasteiger partial charge in [0.25, 0.3) is 5.91 Å². The molecule has 36 heavy (non-hydrogen) atoms. The molecule has 3 aromatic rings. The normalized spacial score (nSPS) is 11.9. The first-order valence-corrected chi connectivity index (χ1v) is 11.8. The third-order valence-corrected chi connectivity index (χ3v) is 5.49. The van der Waals surface area contributed by atoms with Gasteiger partial charge in [0.2, 0.25) is 5.91 Å². The van der Waals surface area contributed by atoms with Gasteiger partial charge in [-0.15, -0.1) is 0 Å². The van der Waals surface area contributed by atoms with E-state index in [1.165, 1.54) is 11.0 Å². The van der Waals surface area contributed by atoms with Crippen LogP contribution in [0.4, 0.5) is 4.39 Å². The van der Waals surface area contributed by atoms with Gasteiger partial charge in [-0.25, -0.2) is 4.39 Å². The predicted octanol–water partition coefficient (Wildman–Crippen LogP) is 4.77. The van der Waals surface area contributed by atoms with Crippen LogP contribution in [-0.4, -0.2) is 42.0 Å². The van der Waals surface area contributed by atoms with Crippen molar-refractivity contribution in [3.05, 3.63) is 95.8 Å². The highest BCUT2D eigenvalue weighted by Crippen LogP contribution is 2.20. The Labute approximate surface area is 212 Å². The van der Waals surface area contributed by atoms with Crippen molar-refractivity contribution in [1.82, 2.24) is 10.2 Å². The summed E-state index contributed by atoms with van der Waals surface area (Å²) in [5.41, 5.74) is 0.684. The van der Waals surface area contributed by atoms with Crippen molar-refractivity contribution in [2.24, 2.45) is 0 Å². The maximum absolute atomic E-state index is 14.6. The van der Waals surface area contributed by atoms with Crippen LogP contribution in [0, 0.1) is 5.82 Å². The van der Waals surface area contributed by atoms with Crippen molar-refractivity contribution in [2.45, 2.75) is 45.3 Å². The maximum Gasteiger partial charge on any atom is 0.261 e. The molecule has 6 nitrogen and oxygen atoms in total. The van der Waals surface area contributed by atoms with Crippen LogP contribution in [-0.2, 0) is 22.6 Å². The molecule has 0 saturated heterocycles. The molecule has 1 N–H and O–H groups in total. The van der Waals surface area contributed by atoms with Gasteiger partial charge >= 0.3 is 0 Å². The molecule has 1 atom stereocenters. The van der Waals surface area contributed by atoms with Crippen LogP contribution >= 0.6 is 0 Å². The summed E-state index contributed by atoms with van der Waals surface area (Å²) < 4.78 is 25.5. The minimum absolute atomic E-state index is 0.0768. The molecule has 0 heterocycles. The molecular formula is C29H33FN2O4. The van der Waals surface area contributed by atoms with Crippen molar-refractivity contribution in [3.63, 3.8) is 0 Å². The fourth-order valence-electron chi connectivity index (χ4n) is 3.72. The van der Waals surface area contributed by atoms with E-state index in [1.54, 1.807) is 49.6 Å². The van der Waals surface area contributed by atoms with Crippen molar-refractivity contribution >= 4 is 11.8 Å². The van der Waals surface area contributed by atoms with Crippen LogP contribution in [0.1, 0.15) is 31.9 Å². The molecule has 0 bridgehead atoms. The first kappa shape index (κ1) is 26.7. The Balaban J connectivity index is 1.92. The number of nitrogens with one attached hydrogen (secondary N) is 1. The zero-order chi connectivity index (χ0) is 26.1. The standard InChI is InChI=1S/C29H33FN2O4/c1-29(2,3)31-28(34)26(18-21-10-6-5-7-11-21)32(19-22-12-8-9-13-25(22)30)27(33)20-36-24-16-14-23(35-4)15-17-24/h5-17,26H,18-20H2,1-4H3,(H,31,34). The third-order valence-electron chi connectivity index (χ3n) is 5.49. The van der Waals surface area contributed by atoms with Crippen LogP contribution in [0.3, 0.4) is 0 Å². The first-order chi connectivity index (χ1) is 17.2. The summed E-state index contributed by atoms with van der Waals surface area (Å²) in [4.78, 5) is 28.4. The monoisotopic (exact) mass is 492 g/mol. The summed E-state index contributed by atoms with van der Waals surface area (Å²) in [6, 6.07) is 21.7. The Morgan fingerprint density at radius 1 is 0.917 bits per heavy atom. The lowest BCUT2D eigenvalue weighted by Gasteiger charge is -2.33. The molecule has 1 unspecified atom stereocenters. The number of hydrogen-bond acceptors (Lipinski definition) is 4. The smallest absolute Gasteiger partial charge is 0.261 e. The molecule has 3 aromatic carbocycles. The van der Waals surface area contributed by atoms with Gasteiger partial charge in [0.1, 0.15) is 23.4 Å². The summed E-state index contributed by atoms with van der Waals surface area (Å²) in [7, 11) is 1.56. The number of rotatable bonds is 10. The molecule has 0 spiro atoms. The van der Waals surface area contributed by atoms with E-state index in [2.05, 4.69) is 5.32 Å². The van der Waals surface area contributed by atoms with E-state index in [-0.39, 0.29) is 25.5 Å². The largest absolute Gasteiger partial charge is 0.497 e. The summed E-state index contributed by atoms with van der Waals surface area (Å²) in [6.07, 6.45) is 0.269. The minimum atomic E-state index is -0.877. The molecule has 2 amide bonds. The Bertz CT molecular complexity index is 1140. The zero-order valence-corrected chi connectivity index (χ0v) is 21.2. The molecule has 0 aliphatic rings. The summed E-state index contributed by atoms with van der Waals surface area (Å²) in [5.74, 6) is -0.0500. The highest BCUT2D eigenvalue weighted by Gasteiger charge is 2.33. The van der Waals surface area contributed by atoms with E-state index in [0.717, 1.165) is 5.56 Å². The lowest BCUT2D eigenvalue weighted by molar-refractivity contribution is -0.143. The molecule has 7 heteroatoms. The SMILES string of the molecule is COc1ccc(OCC(=O)N(Cc2ccccc2F)C(Cc2ccccc2)C(=O)NC(C)(C)C)cc1. The van der Waals surface area contributed by atoms with Crippen LogP contribution in [0.5, 0.6) is 11.5 Å². The Hall–Kier alpha value is -3.87. The van der Waals surface area contributed by atoms with Gasteiger partial charge in [-0.3, -0.25) is 9.59 Å².